The summed E-state index contributed by atoms with van der Waals surface area (Å²) < 4.78 is 0. The lowest BCUT2D eigenvalue weighted by Crippen LogP contribution is -1.95. The first-order chi connectivity index (χ1) is 7.22. The molecule has 1 fully saturated rings. The largest absolute Gasteiger partial charge is 0.0840 e. The maximum absolute atomic E-state index is 6.38. The first-order valence-corrected chi connectivity index (χ1v) is 6.43. The maximum atomic E-state index is 6.38. The van der Waals surface area contributed by atoms with Crippen molar-refractivity contribution in [3.8, 4) is 0 Å². The molecule has 0 spiro atoms. The van der Waals surface area contributed by atoms with Gasteiger partial charge in [-0.05, 0) is 48.8 Å². The van der Waals surface area contributed by atoms with E-state index in [0.29, 0.717) is 0 Å². The van der Waals surface area contributed by atoms with Crippen LogP contribution >= 0.6 is 23.2 Å². The molecule has 1 saturated carbocycles. The average molecular weight is 243 g/mol. The van der Waals surface area contributed by atoms with Crippen LogP contribution in [-0.4, -0.2) is 0 Å². The molecule has 2 rings (SSSR count). The molecule has 0 N–H and O–H groups in total. The molecule has 1 aromatic carbocycles. The quantitative estimate of drug-likeness (QED) is 0.705. The Morgan fingerprint density at radius 1 is 1.27 bits per heavy atom. The van der Waals surface area contributed by atoms with Gasteiger partial charge in [0.15, 0.2) is 0 Å². The van der Waals surface area contributed by atoms with Gasteiger partial charge in [-0.25, -0.2) is 0 Å². The number of rotatable bonds is 4. The normalized spacial score (nSPS) is 15.7. The Hall–Kier alpha value is -0.200. The lowest BCUT2D eigenvalue weighted by Gasteiger charge is -2.10. The Labute approximate surface area is 102 Å². The van der Waals surface area contributed by atoms with E-state index in [0.717, 1.165) is 35.2 Å². The third kappa shape index (κ3) is 2.68. The van der Waals surface area contributed by atoms with Crippen molar-refractivity contribution in [1.29, 1.82) is 0 Å². The Kier molecular flexibility index (Phi) is 3.58. The molecule has 0 saturated heterocycles. The van der Waals surface area contributed by atoms with Crippen molar-refractivity contribution in [2.24, 2.45) is 5.92 Å². The summed E-state index contributed by atoms with van der Waals surface area (Å²) in [5.74, 6) is 0.830. The second kappa shape index (κ2) is 4.76. The highest BCUT2D eigenvalue weighted by Gasteiger charge is 2.24. The van der Waals surface area contributed by atoms with Crippen molar-refractivity contribution >= 4 is 23.2 Å². The minimum absolute atomic E-state index is 0.830. The molecular weight excluding hydrogens is 227 g/mol. The van der Waals surface area contributed by atoms with Crippen LogP contribution in [0.4, 0.5) is 0 Å². The molecule has 1 aliphatic carbocycles. The summed E-state index contributed by atoms with van der Waals surface area (Å²) in [4.78, 5) is 0. The van der Waals surface area contributed by atoms with Crippen molar-refractivity contribution in [2.45, 2.75) is 39.0 Å². The fraction of sp³-hybridized carbons (Fsp3) is 0.538. The van der Waals surface area contributed by atoms with Gasteiger partial charge in [0.25, 0.3) is 0 Å². The van der Waals surface area contributed by atoms with Crippen molar-refractivity contribution < 1.29 is 0 Å². The zero-order valence-corrected chi connectivity index (χ0v) is 10.5. The first-order valence-electron chi connectivity index (χ1n) is 5.68. The van der Waals surface area contributed by atoms with Gasteiger partial charge in [-0.3, -0.25) is 0 Å². The molecule has 0 aliphatic heterocycles. The highest BCUT2D eigenvalue weighted by molar-refractivity contribution is 6.36. The van der Waals surface area contributed by atoms with E-state index in [-0.39, 0.29) is 0 Å². The second-order valence-electron chi connectivity index (χ2n) is 4.40. The Balaban J connectivity index is 2.27. The van der Waals surface area contributed by atoms with Gasteiger partial charge in [-0.2, -0.15) is 0 Å². The van der Waals surface area contributed by atoms with Crippen molar-refractivity contribution in [3.05, 3.63) is 33.3 Å². The minimum atomic E-state index is 0.830. The summed E-state index contributed by atoms with van der Waals surface area (Å²) in [7, 11) is 0. The topological polar surface area (TPSA) is 0 Å². The number of aryl methyl sites for hydroxylation is 1. The Morgan fingerprint density at radius 2 is 2.00 bits per heavy atom. The van der Waals surface area contributed by atoms with Gasteiger partial charge in [0, 0.05) is 10.0 Å². The molecule has 0 atom stereocenters. The molecule has 82 valence electrons. The van der Waals surface area contributed by atoms with E-state index in [9.17, 15) is 0 Å². The summed E-state index contributed by atoms with van der Waals surface area (Å²) in [5.41, 5.74) is 2.42. The van der Waals surface area contributed by atoms with Crippen LogP contribution in [0.5, 0.6) is 0 Å². The summed E-state index contributed by atoms with van der Waals surface area (Å²) in [5, 5.41) is 1.75. The third-order valence-corrected chi connectivity index (χ3v) is 3.80. The number of benzene rings is 1. The Morgan fingerprint density at radius 3 is 2.60 bits per heavy atom. The van der Waals surface area contributed by atoms with Gasteiger partial charge >= 0.3 is 0 Å². The van der Waals surface area contributed by atoms with Crippen LogP contribution in [0.1, 0.15) is 37.3 Å². The predicted molar refractivity (Wildman–Crippen MR) is 66.9 cm³/mol. The molecule has 0 nitrogen and oxygen atoms in total. The molecule has 1 aromatic rings. The monoisotopic (exact) mass is 242 g/mol. The molecule has 0 aromatic heterocycles. The summed E-state index contributed by atoms with van der Waals surface area (Å²) in [6.07, 6.45) is 5.92. The Bertz CT molecular complexity index is 354. The summed E-state index contributed by atoms with van der Waals surface area (Å²) >= 11 is 12.6. The van der Waals surface area contributed by atoms with E-state index in [1.807, 2.05) is 6.07 Å². The molecule has 0 heterocycles. The van der Waals surface area contributed by atoms with Crippen molar-refractivity contribution in [1.82, 2.24) is 0 Å². The van der Waals surface area contributed by atoms with E-state index in [4.69, 9.17) is 23.2 Å². The highest BCUT2D eigenvalue weighted by Crippen LogP contribution is 2.38. The second-order valence-corrected chi connectivity index (χ2v) is 5.18. The van der Waals surface area contributed by atoms with Gasteiger partial charge in [-0.15, -0.1) is 0 Å². The van der Waals surface area contributed by atoms with E-state index < -0.39 is 0 Å². The minimum Gasteiger partial charge on any atom is -0.0840 e. The average Bonchev–Trinajstić information content (AvgIpc) is 3.01. The fourth-order valence-electron chi connectivity index (χ4n) is 1.91. The molecule has 1 aliphatic rings. The molecule has 15 heavy (non-hydrogen) atoms. The van der Waals surface area contributed by atoms with Crippen molar-refractivity contribution in [2.75, 3.05) is 0 Å². The zero-order valence-electron chi connectivity index (χ0n) is 9.02. The van der Waals surface area contributed by atoms with Crippen LogP contribution in [0.2, 0.25) is 10.0 Å². The van der Waals surface area contributed by atoms with Gasteiger partial charge in [-0.1, -0.05) is 42.6 Å². The van der Waals surface area contributed by atoms with Gasteiger partial charge in [0.2, 0.25) is 0 Å². The van der Waals surface area contributed by atoms with E-state index in [1.54, 1.807) is 0 Å². The molecular formula is C13H16Cl2. The number of hydrogen-bond acceptors (Lipinski definition) is 0. The van der Waals surface area contributed by atoms with Crippen LogP contribution in [0, 0.1) is 5.92 Å². The molecule has 0 unspecified atom stereocenters. The predicted octanol–water partition coefficient (Wildman–Crippen LogP) is 4.90. The lowest BCUT2D eigenvalue weighted by atomic mass is 10.0. The fourth-order valence-corrected chi connectivity index (χ4v) is 2.53. The summed E-state index contributed by atoms with van der Waals surface area (Å²) in [6, 6.07) is 4.06. The smallest absolute Gasteiger partial charge is 0.0484 e. The number of halogens is 2. The maximum Gasteiger partial charge on any atom is 0.0484 e. The lowest BCUT2D eigenvalue weighted by molar-refractivity contribution is 0.827. The van der Waals surface area contributed by atoms with Gasteiger partial charge < -0.3 is 0 Å². The van der Waals surface area contributed by atoms with Crippen molar-refractivity contribution in [3.63, 3.8) is 0 Å². The van der Waals surface area contributed by atoms with E-state index in [2.05, 4.69) is 13.0 Å². The zero-order chi connectivity index (χ0) is 10.8. The van der Waals surface area contributed by atoms with E-state index >= 15 is 0 Å². The van der Waals surface area contributed by atoms with Gasteiger partial charge in [0.1, 0.15) is 0 Å². The number of hydrogen-bond donors (Lipinski definition) is 0. The molecule has 0 amide bonds. The van der Waals surface area contributed by atoms with Crippen LogP contribution < -0.4 is 0 Å². The summed E-state index contributed by atoms with van der Waals surface area (Å²) in [6.45, 7) is 2.17. The van der Waals surface area contributed by atoms with E-state index in [1.165, 1.54) is 24.0 Å². The first kappa shape index (κ1) is 11.3. The molecule has 0 radical (unpaired) electrons. The SMILES string of the molecule is CCCc1ccc(Cl)c(CC2CC2)c1Cl. The van der Waals surface area contributed by atoms with Crippen LogP contribution in [0.25, 0.3) is 0 Å². The van der Waals surface area contributed by atoms with Crippen LogP contribution in [0.15, 0.2) is 12.1 Å². The van der Waals surface area contributed by atoms with Crippen LogP contribution in [0.3, 0.4) is 0 Å². The standard InChI is InChI=1S/C13H16Cl2/c1-2-3-10-6-7-12(14)11(13(10)15)8-9-4-5-9/h6-7,9H,2-5,8H2,1H3. The third-order valence-electron chi connectivity index (χ3n) is 2.98. The van der Waals surface area contributed by atoms with Gasteiger partial charge in [0.05, 0.1) is 0 Å². The van der Waals surface area contributed by atoms with Crippen LogP contribution in [-0.2, 0) is 12.8 Å². The molecule has 2 heteroatoms. The highest BCUT2D eigenvalue weighted by atomic mass is 35.5. The molecule has 0 bridgehead atoms.